The summed E-state index contributed by atoms with van der Waals surface area (Å²) in [5.41, 5.74) is 1.18. The van der Waals surface area contributed by atoms with Crippen LogP contribution in [-0.2, 0) is 0 Å². The van der Waals surface area contributed by atoms with Gasteiger partial charge in [-0.05, 0) is 6.92 Å². The van der Waals surface area contributed by atoms with E-state index in [-0.39, 0.29) is 0 Å². The molecule has 0 amide bonds. The van der Waals surface area contributed by atoms with Gasteiger partial charge in [-0.3, -0.25) is 0 Å². The van der Waals surface area contributed by atoms with Gasteiger partial charge in [-0.15, -0.1) is 4.59 Å². The second-order valence-corrected chi connectivity index (χ2v) is 4.02. The van der Waals surface area contributed by atoms with E-state index in [2.05, 4.69) is 24.1 Å². The lowest BCUT2D eigenvalue weighted by molar-refractivity contribution is -0.779. The van der Waals surface area contributed by atoms with E-state index in [4.69, 9.17) is 0 Å². The highest BCUT2D eigenvalue weighted by Crippen LogP contribution is 2.35. The quantitative estimate of drug-likeness (QED) is 0.506. The van der Waals surface area contributed by atoms with Crippen molar-refractivity contribution in [3.63, 3.8) is 0 Å². The molecular formula is C7H10N3S+. The number of rotatable bonds is 0. The average molecular weight is 168 g/mol. The van der Waals surface area contributed by atoms with Crippen molar-refractivity contribution in [2.24, 2.45) is 10.1 Å². The molecule has 0 bridgehead atoms. The predicted octanol–water partition coefficient (Wildman–Crippen LogP) is 1.74. The van der Waals surface area contributed by atoms with Gasteiger partial charge >= 0.3 is 5.17 Å². The van der Waals surface area contributed by atoms with Gasteiger partial charge in [0.15, 0.2) is 5.70 Å². The van der Waals surface area contributed by atoms with Crippen molar-refractivity contribution in [3.8, 4) is 0 Å². The molecule has 2 rings (SSSR count). The molecule has 0 fully saturated rings. The number of nitrogens with zero attached hydrogens (tertiary/aromatic N) is 3. The molecule has 0 aromatic carbocycles. The molecule has 0 saturated carbocycles. The minimum Gasteiger partial charge on any atom is -0.190 e. The maximum atomic E-state index is 4.48. The maximum absolute atomic E-state index is 4.48. The Bertz CT molecular complexity index is 303. The fraction of sp³-hybridized carbons (Fsp3) is 0.429. The number of thioether (sulfide) groups is 1. The van der Waals surface area contributed by atoms with E-state index >= 15 is 0 Å². The zero-order valence-corrected chi connectivity index (χ0v) is 7.64. The number of aliphatic imine (C=N–C) groups is 1. The van der Waals surface area contributed by atoms with E-state index in [0.717, 1.165) is 10.2 Å². The molecule has 0 saturated heterocycles. The number of hydrogen-bond acceptors (Lipinski definition) is 3. The highest BCUT2D eigenvalue weighted by molar-refractivity contribution is 8.26. The van der Waals surface area contributed by atoms with Crippen LogP contribution in [0.1, 0.15) is 13.8 Å². The zero-order valence-electron chi connectivity index (χ0n) is 6.83. The number of quaternary nitrogens is 1. The van der Waals surface area contributed by atoms with Crippen molar-refractivity contribution < 1.29 is 4.59 Å². The molecule has 11 heavy (non-hydrogen) atoms. The summed E-state index contributed by atoms with van der Waals surface area (Å²) < 4.78 is 0.552. The van der Waals surface area contributed by atoms with Crippen molar-refractivity contribution in [2.45, 2.75) is 13.8 Å². The van der Waals surface area contributed by atoms with Gasteiger partial charge in [0.05, 0.1) is 6.20 Å². The Kier molecular flexibility index (Phi) is 1.25. The summed E-state index contributed by atoms with van der Waals surface area (Å²) >= 11 is 1.66. The van der Waals surface area contributed by atoms with Gasteiger partial charge in [0.25, 0.3) is 0 Å². The van der Waals surface area contributed by atoms with Gasteiger partial charge in [-0.25, -0.2) is 0 Å². The number of hydrogen-bond donors (Lipinski definition) is 0. The van der Waals surface area contributed by atoms with Gasteiger partial charge in [-0.1, -0.05) is 5.10 Å². The summed E-state index contributed by atoms with van der Waals surface area (Å²) in [7, 11) is 2.06. The van der Waals surface area contributed by atoms with E-state index in [9.17, 15) is 0 Å². The molecule has 0 aromatic rings. The zero-order chi connectivity index (χ0) is 8.06. The Hall–Kier alpha value is -0.610. The second-order valence-electron chi connectivity index (χ2n) is 2.86. The van der Waals surface area contributed by atoms with E-state index in [0.29, 0.717) is 4.59 Å². The first-order valence-corrected chi connectivity index (χ1v) is 4.31. The fourth-order valence-electron chi connectivity index (χ4n) is 1.20. The van der Waals surface area contributed by atoms with Crippen LogP contribution in [0.5, 0.6) is 0 Å². The van der Waals surface area contributed by atoms with Crippen molar-refractivity contribution in [3.05, 3.63) is 11.9 Å². The standard InChI is InChI=1S/C7H10N3S/c1-5-4-8-7-10(5,3)9-6(2)11-7/h4H,1-3H3/q+1. The summed E-state index contributed by atoms with van der Waals surface area (Å²) in [6.07, 6.45) is 1.89. The van der Waals surface area contributed by atoms with Crippen LogP contribution in [0.15, 0.2) is 22.0 Å². The van der Waals surface area contributed by atoms with Gasteiger partial charge in [0.1, 0.15) is 12.1 Å². The molecule has 3 nitrogen and oxygen atoms in total. The monoisotopic (exact) mass is 168 g/mol. The van der Waals surface area contributed by atoms with Crippen LogP contribution in [0.4, 0.5) is 0 Å². The second kappa shape index (κ2) is 1.95. The molecule has 0 radical (unpaired) electrons. The van der Waals surface area contributed by atoms with Gasteiger partial charge in [0.2, 0.25) is 0 Å². The number of allylic oxidation sites excluding steroid dienone is 1. The van der Waals surface area contributed by atoms with Crippen LogP contribution in [0.3, 0.4) is 0 Å². The van der Waals surface area contributed by atoms with Crippen molar-refractivity contribution in [1.82, 2.24) is 0 Å². The molecule has 2 aliphatic rings. The number of amidine groups is 1. The van der Waals surface area contributed by atoms with Gasteiger partial charge in [0, 0.05) is 18.7 Å². The Morgan fingerprint density at radius 3 is 2.82 bits per heavy atom. The predicted molar refractivity (Wildman–Crippen MR) is 48.1 cm³/mol. The fourth-order valence-corrected chi connectivity index (χ4v) is 2.13. The lowest BCUT2D eigenvalue weighted by Gasteiger charge is -2.17. The largest absolute Gasteiger partial charge is 0.301 e. The lowest BCUT2D eigenvalue weighted by Crippen LogP contribution is -2.34. The minimum atomic E-state index is 0.552. The summed E-state index contributed by atoms with van der Waals surface area (Å²) in [6.45, 7) is 4.07. The molecule has 0 spiro atoms. The van der Waals surface area contributed by atoms with Crippen LogP contribution in [-0.4, -0.2) is 21.9 Å². The first kappa shape index (κ1) is 7.06. The Morgan fingerprint density at radius 2 is 2.18 bits per heavy atom. The molecule has 1 atom stereocenters. The Balaban J connectivity index is 2.49. The van der Waals surface area contributed by atoms with Crippen molar-refractivity contribution in [1.29, 1.82) is 0 Å². The summed E-state index contributed by atoms with van der Waals surface area (Å²) in [5, 5.41) is 6.65. The summed E-state index contributed by atoms with van der Waals surface area (Å²) in [4.78, 5) is 4.28. The van der Waals surface area contributed by atoms with Crippen LogP contribution in [0, 0.1) is 0 Å². The van der Waals surface area contributed by atoms with Gasteiger partial charge < -0.3 is 0 Å². The molecule has 1 unspecified atom stereocenters. The average Bonchev–Trinajstić information content (AvgIpc) is 2.32. The third-order valence-electron chi connectivity index (χ3n) is 2.00. The lowest BCUT2D eigenvalue weighted by atomic mass is 10.5. The molecule has 2 heterocycles. The van der Waals surface area contributed by atoms with Crippen LogP contribution in [0.25, 0.3) is 0 Å². The smallest absolute Gasteiger partial charge is 0.190 e. The van der Waals surface area contributed by atoms with Crippen LogP contribution in [0.2, 0.25) is 0 Å². The Morgan fingerprint density at radius 1 is 1.45 bits per heavy atom. The topological polar surface area (TPSA) is 24.7 Å². The normalized spacial score (nSPS) is 34.6. The SMILES string of the molecule is CC1=CN=C2SC(C)=N[N+]12C. The van der Waals surface area contributed by atoms with Crippen molar-refractivity contribution in [2.75, 3.05) is 7.05 Å². The minimum absolute atomic E-state index is 0.552. The van der Waals surface area contributed by atoms with Gasteiger partial charge in [-0.2, -0.15) is 4.99 Å². The molecule has 0 N–H and O–H groups in total. The molecule has 0 aromatic heterocycles. The molecular weight excluding hydrogens is 158 g/mol. The van der Waals surface area contributed by atoms with Crippen LogP contribution >= 0.6 is 11.8 Å². The van der Waals surface area contributed by atoms with E-state index in [1.165, 1.54) is 5.70 Å². The first-order valence-electron chi connectivity index (χ1n) is 3.50. The maximum Gasteiger partial charge on any atom is 0.301 e. The summed E-state index contributed by atoms with van der Waals surface area (Å²) in [6, 6.07) is 0. The van der Waals surface area contributed by atoms with Crippen molar-refractivity contribution >= 4 is 22.0 Å². The first-order chi connectivity index (χ1) is 5.13. The van der Waals surface area contributed by atoms with Crippen LogP contribution < -0.4 is 0 Å². The highest BCUT2D eigenvalue weighted by Gasteiger charge is 2.42. The van der Waals surface area contributed by atoms with E-state index in [1.54, 1.807) is 11.8 Å². The van der Waals surface area contributed by atoms with E-state index in [1.807, 2.05) is 13.1 Å². The van der Waals surface area contributed by atoms with E-state index < -0.39 is 0 Å². The summed E-state index contributed by atoms with van der Waals surface area (Å²) in [5.74, 6) is 0. The molecule has 58 valence electrons. The third kappa shape index (κ3) is 0.795. The highest BCUT2D eigenvalue weighted by atomic mass is 32.2. The molecule has 2 aliphatic heterocycles. The molecule has 4 heteroatoms. The Labute approximate surface area is 70.1 Å². The molecule has 0 aliphatic carbocycles. The third-order valence-corrected chi connectivity index (χ3v) is 3.02. The number of fused-ring (bicyclic) bond motifs is 1.